The highest BCUT2D eigenvalue weighted by Crippen LogP contribution is 2.38. The predicted molar refractivity (Wildman–Crippen MR) is 194 cm³/mol. The number of methoxy groups -OCH3 is 3. The smallest absolute Gasteiger partial charge is 0.269 e. The lowest BCUT2D eigenvalue weighted by Gasteiger charge is -2.30. The van der Waals surface area contributed by atoms with Gasteiger partial charge in [0, 0.05) is 55.3 Å². The fourth-order valence-electron chi connectivity index (χ4n) is 6.26. The van der Waals surface area contributed by atoms with E-state index in [4.69, 9.17) is 14.2 Å². The Balaban J connectivity index is 1.41. The zero-order valence-electron chi connectivity index (χ0n) is 29.5. The Kier molecular flexibility index (Phi) is 11.9. The number of non-ortho nitro benzene ring substituents is 1. The Morgan fingerprint density at radius 2 is 1.63 bits per heavy atom. The van der Waals surface area contributed by atoms with E-state index in [1.807, 2.05) is 47.0 Å². The second-order valence-electron chi connectivity index (χ2n) is 12.7. The van der Waals surface area contributed by atoms with E-state index in [9.17, 15) is 19.7 Å². The number of carbonyl (C=O) groups is 2. The maximum atomic E-state index is 14.5. The zero-order valence-corrected chi connectivity index (χ0v) is 29.5. The van der Waals surface area contributed by atoms with E-state index in [-0.39, 0.29) is 42.4 Å². The minimum atomic E-state index is -0.439. The van der Waals surface area contributed by atoms with E-state index in [0.717, 1.165) is 21.9 Å². The standard InChI is InChI=1S/C39H43N5O7/c1-26(2)17-31(41-37(45)20-33-21-40-25-43(33)22-27-13-15-32(16-14-27)44(47)48)24-42(23-29-11-8-10-28-9-6-7-12-34(28)29)39(46)30-18-35(49-3)38(51-5)36(19-30)50-4/h6-16,18-19,21,25-26,31H,17,20,22-24H2,1-5H3,(H,41,45)/t31-/m0/s1. The molecule has 12 nitrogen and oxygen atoms in total. The molecule has 5 aromatic rings. The highest BCUT2D eigenvalue weighted by molar-refractivity contribution is 5.96. The van der Waals surface area contributed by atoms with Crippen molar-refractivity contribution in [1.82, 2.24) is 19.8 Å². The summed E-state index contributed by atoms with van der Waals surface area (Å²) >= 11 is 0. The van der Waals surface area contributed by atoms with Crippen LogP contribution in [0.1, 0.15) is 47.4 Å². The number of nitrogens with zero attached hydrogens (tertiary/aromatic N) is 4. The van der Waals surface area contributed by atoms with Gasteiger partial charge in [-0.25, -0.2) is 4.98 Å². The lowest BCUT2D eigenvalue weighted by Crippen LogP contribution is -2.46. The van der Waals surface area contributed by atoms with E-state index >= 15 is 0 Å². The molecule has 0 aliphatic carbocycles. The van der Waals surface area contributed by atoms with Crippen LogP contribution in [0.5, 0.6) is 17.2 Å². The largest absolute Gasteiger partial charge is 0.493 e. The lowest BCUT2D eigenvalue weighted by molar-refractivity contribution is -0.384. The third kappa shape index (κ3) is 9.01. The molecule has 0 radical (unpaired) electrons. The van der Waals surface area contributed by atoms with Crippen molar-refractivity contribution in [1.29, 1.82) is 0 Å². The number of amides is 2. The summed E-state index contributed by atoms with van der Waals surface area (Å²) in [4.78, 5) is 44.8. The van der Waals surface area contributed by atoms with Crippen LogP contribution in [0, 0.1) is 16.0 Å². The molecule has 4 aromatic carbocycles. The predicted octanol–water partition coefficient (Wildman–Crippen LogP) is 6.43. The van der Waals surface area contributed by atoms with E-state index in [1.54, 1.807) is 41.7 Å². The summed E-state index contributed by atoms with van der Waals surface area (Å²) in [5.74, 6) is 0.863. The van der Waals surface area contributed by atoms with Crippen LogP contribution >= 0.6 is 0 Å². The fourth-order valence-corrected chi connectivity index (χ4v) is 6.26. The maximum absolute atomic E-state index is 14.5. The van der Waals surface area contributed by atoms with Crippen LogP contribution in [0.3, 0.4) is 0 Å². The van der Waals surface area contributed by atoms with Gasteiger partial charge in [0.15, 0.2) is 11.5 Å². The van der Waals surface area contributed by atoms with Crippen LogP contribution in [0.25, 0.3) is 10.8 Å². The molecule has 0 saturated carbocycles. The van der Waals surface area contributed by atoms with Crippen LogP contribution < -0.4 is 19.5 Å². The summed E-state index contributed by atoms with van der Waals surface area (Å²) in [5, 5.41) is 16.4. The number of imidazole rings is 1. The Bertz CT molecular complexity index is 1960. The minimum absolute atomic E-state index is 0.0124. The summed E-state index contributed by atoms with van der Waals surface area (Å²) in [7, 11) is 4.52. The first-order valence-electron chi connectivity index (χ1n) is 16.7. The topological polar surface area (TPSA) is 138 Å². The summed E-state index contributed by atoms with van der Waals surface area (Å²) in [6.45, 7) is 5.09. The molecule has 51 heavy (non-hydrogen) atoms. The van der Waals surface area contributed by atoms with Gasteiger partial charge in [-0.15, -0.1) is 0 Å². The van der Waals surface area contributed by atoms with Crippen molar-refractivity contribution >= 4 is 28.3 Å². The first-order valence-corrected chi connectivity index (χ1v) is 16.7. The van der Waals surface area contributed by atoms with Gasteiger partial charge in [0.1, 0.15) is 0 Å². The molecular weight excluding hydrogens is 650 g/mol. The van der Waals surface area contributed by atoms with E-state index in [0.29, 0.717) is 48.0 Å². The Labute approximate surface area is 297 Å². The van der Waals surface area contributed by atoms with Gasteiger partial charge in [-0.2, -0.15) is 0 Å². The van der Waals surface area contributed by atoms with Gasteiger partial charge in [-0.05, 0) is 46.4 Å². The average molecular weight is 694 g/mol. The van der Waals surface area contributed by atoms with Gasteiger partial charge in [0.2, 0.25) is 11.7 Å². The number of nitrogens with one attached hydrogen (secondary N) is 1. The molecule has 1 aromatic heterocycles. The molecular formula is C39H43N5O7. The molecule has 2 amide bonds. The second-order valence-corrected chi connectivity index (χ2v) is 12.7. The molecule has 0 spiro atoms. The van der Waals surface area contributed by atoms with Crippen LogP contribution in [0.4, 0.5) is 5.69 Å². The number of nitro groups is 1. The molecule has 0 aliphatic heterocycles. The first kappa shape index (κ1) is 36.4. The van der Waals surface area contributed by atoms with Crippen molar-refractivity contribution in [3.05, 3.63) is 124 Å². The molecule has 1 heterocycles. The Morgan fingerprint density at radius 1 is 0.941 bits per heavy atom. The molecule has 0 saturated heterocycles. The highest BCUT2D eigenvalue weighted by atomic mass is 16.6. The maximum Gasteiger partial charge on any atom is 0.269 e. The lowest BCUT2D eigenvalue weighted by atomic mass is 10.0. The first-order chi connectivity index (χ1) is 24.6. The molecule has 266 valence electrons. The molecule has 0 bridgehead atoms. The van der Waals surface area contributed by atoms with Crippen molar-refractivity contribution in [2.45, 2.75) is 45.8 Å². The minimum Gasteiger partial charge on any atom is -0.493 e. The Morgan fingerprint density at radius 3 is 2.27 bits per heavy atom. The summed E-state index contributed by atoms with van der Waals surface area (Å²) in [5.41, 5.74) is 2.87. The van der Waals surface area contributed by atoms with E-state index in [1.165, 1.54) is 33.5 Å². The van der Waals surface area contributed by atoms with Gasteiger partial charge in [0.05, 0.1) is 39.0 Å². The zero-order chi connectivity index (χ0) is 36.5. The van der Waals surface area contributed by atoms with E-state index in [2.05, 4.69) is 24.1 Å². The molecule has 0 aliphatic rings. The van der Waals surface area contributed by atoms with Crippen molar-refractivity contribution in [3.63, 3.8) is 0 Å². The van der Waals surface area contributed by atoms with E-state index < -0.39 is 4.92 Å². The van der Waals surface area contributed by atoms with Crippen molar-refractivity contribution in [3.8, 4) is 17.2 Å². The Hall–Kier alpha value is -5.91. The molecule has 12 heteroatoms. The number of aromatic nitrogens is 2. The second kappa shape index (κ2) is 16.7. The van der Waals surface area contributed by atoms with Crippen molar-refractivity contribution in [2.24, 2.45) is 5.92 Å². The normalized spacial score (nSPS) is 11.6. The monoisotopic (exact) mass is 693 g/mol. The van der Waals surface area contributed by atoms with Crippen LogP contribution in [0.2, 0.25) is 0 Å². The summed E-state index contributed by atoms with van der Waals surface area (Å²) in [6.07, 6.45) is 3.97. The molecule has 0 fully saturated rings. The number of benzene rings is 4. The third-order valence-electron chi connectivity index (χ3n) is 8.64. The number of ether oxygens (including phenoxy) is 3. The van der Waals surface area contributed by atoms with Gasteiger partial charge >= 0.3 is 0 Å². The van der Waals surface area contributed by atoms with Crippen LogP contribution in [0.15, 0.2) is 91.4 Å². The van der Waals surface area contributed by atoms with Gasteiger partial charge in [-0.3, -0.25) is 19.7 Å². The van der Waals surface area contributed by atoms with Crippen molar-refractivity contribution < 1.29 is 28.7 Å². The average Bonchev–Trinajstić information content (AvgIpc) is 3.55. The van der Waals surface area contributed by atoms with Gasteiger partial charge in [-0.1, -0.05) is 68.4 Å². The van der Waals surface area contributed by atoms with Gasteiger partial charge < -0.3 is 29.0 Å². The fraction of sp³-hybridized carbons (Fsp3) is 0.308. The number of hydrogen-bond acceptors (Lipinski definition) is 8. The number of nitro benzene ring substituents is 1. The van der Waals surface area contributed by atoms with Crippen molar-refractivity contribution in [2.75, 3.05) is 27.9 Å². The molecule has 1 atom stereocenters. The quantitative estimate of drug-likeness (QED) is 0.0922. The third-order valence-corrected chi connectivity index (χ3v) is 8.64. The molecule has 1 N–H and O–H groups in total. The highest BCUT2D eigenvalue weighted by Gasteiger charge is 2.26. The molecule has 0 unspecified atom stereocenters. The number of fused-ring (bicyclic) bond motifs is 1. The van der Waals surface area contributed by atoms with Crippen LogP contribution in [-0.2, 0) is 24.3 Å². The number of rotatable bonds is 16. The summed E-state index contributed by atoms with van der Waals surface area (Å²) in [6, 6.07) is 23.3. The number of hydrogen-bond donors (Lipinski definition) is 1. The van der Waals surface area contributed by atoms with Crippen LogP contribution in [-0.4, -0.2) is 65.1 Å². The number of carbonyl (C=O) groups excluding carboxylic acids is 2. The summed E-state index contributed by atoms with van der Waals surface area (Å²) < 4.78 is 18.5. The SMILES string of the molecule is COc1cc(C(=O)N(Cc2cccc3ccccc23)C[C@H](CC(C)C)NC(=O)Cc2cncn2Cc2ccc([N+](=O)[O-])cc2)cc(OC)c1OC. The van der Waals surface area contributed by atoms with Gasteiger partial charge in [0.25, 0.3) is 11.6 Å². The molecule has 5 rings (SSSR count).